The van der Waals surface area contributed by atoms with Gasteiger partial charge in [-0.3, -0.25) is 9.59 Å². The number of halogens is 1. The van der Waals surface area contributed by atoms with Crippen LogP contribution >= 0.6 is 11.6 Å². The smallest absolute Gasteiger partial charge is 0.293 e. The van der Waals surface area contributed by atoms with Gasteiger partial charge in [-0.25, -0.2) is 9.36 Å². The van der Waals surface area contributed by atoms with Crippen LogP contribution in [0.3, 0.4) is 0 Å². The fourth-order valence-electron chi connectivity index (χ4n) is 3.17. The van der Waals surface area contributed by atoms with Crippen LogP contribution in [0, 0.1) is 13.8 Å². The van der Waals surface area contributed by atoms with E-state index >= 15 is 0 Å². The molecular weight excluding hydrogens is 390 g/mol. The van der Waals surface area contributed by atoms with Crippen molar-refractivity contribution in [1.29, 1.82) is 0 Å². The van der Waals surface area contributed by atoms with Crippen molar-refractivity contribution in [2.75, 3.05) is 5.32 Å². The Morgan fingerprint density at radius 2 is 1.93 bits per heavy atom. The molecule has 2 heterocycles. The Kier molecular flexibility index (Phi) is 4.90. The van der Waals surface area contributed by atoms with Crippen LogP contribution in [0.2, 0.25) is 5.02 Å². The van der Waals surface area contributed by atoms with E-state index in [9.17, 15) is 9.59 Å². The number of nitrogens with zero attached hydrogens (tertiary/aromatic N) is 4. The van der Waals surface area contributed by atoms with E-state index in [-0.39, 0.29) is 12.5 Å². The molecule has 2 aromatic carbocycles. The number of carbonyl (C=O) groups is 1. The summed E-state index contributed by atoms with van der Waals surface area (Å²) in [6.07, 6.45) is 1.59. The zero-order valence-electron chi connectivity index (χ0n) is 15.9. The molecule has 0 bridgehead atoms. The molecule has 0 saturated heterocycles. The van der Waals surface area contributed by atoms with Crippen LogP contribution in [0.15, 0.2) is 59.5 Å². The number of nitrogens with one attached hydrogen (secondary N) is 1. The molecule has 29 heavy (non-hydrogen) atoms. The number of fused-ring (bicyclic) bond motifs is 1. The zero-order valence-corrected chi connectivity index (χ0v) is 16.6. The van der Waals surface area contributed by atoms with Crippen LogP contribution in [-0.2, 0) is 11.3 Å². The minimum Gasteiger partial charge on any atom is -0.324 e. The topological polar surface area (TPSA) is 81.8 Å². The Morgan fingerprint density at radius 1 is 1.14 bits per heavy atom. The fraction of sp³-hybridized carbons (Fsp3) is 0.143. The van der Waals surface area contributed by atoms with E-state index < -0.39 is 5.56 Å². The highest BCUT2D eigenvalue weighted by Crippen LogP contribution is 2.20. The molecule has 0 aliphatic carbocycles. The molecule has 4 rings (SSSR count). The van der Waals surface area contributed by atoms with Crippen molar-refractivity contribution < 1.29 is 4.79 Å². The number of amides is 1. The highest BCUT2D eigenvalue weighted by Gasteiger charge is 2.17. The van der Waals surface area contributed by atoms with Crippen LogP contribution < -0.4 is 10.9 Å². The Balaban J connectivity index is 1.73. The predicted octanol–water partition coefficient (Wildman–Crippen LogP) is 3.49. The van der Waals surface area contributed by atoms with Crippen LogP contribution in [0.5, 0.6) is 0 Å². The van der Waals surface area contributed by atoms with Gasteiger partial charge >= 0.3 is 0 Å². The van der Waals surface area contributed by atoms with E-state index in [1.54, 1.807) is 31.3 Å². The number of para-hydroxylation sites is 1. The summed E-state index contributed by atoms with van der Waals surface area (Å²) in [5.74, 6) is -0.332. The maximum absolute atomic E-state index is 13.1. The lowest BCUT2D eigenvalue weighted by Crippen LogP contribution is -2.31. The van der Waals surface area contributed by atoms with Crippen molar-refractivity contribution in [1.82, 2.24) is 19.6 Å². The lowest BCUT2D eigenvalue weighted by atomic mass is 10.2. The summed E-state index contributed by atoms with van der Waals surface area (Å²) in [5.41, 5.74) is 2.85. The number of anilines is 1. The van der Waals surface area contributed by atoms with Gasteiger partial charge in [0.05, 0.1) is 17.6 Å². The number of carbonyl (C=O) groups excluding carboxylic acids is 1. The Morgan fingerprint density at radius 3 is 2.69 bits per heavy atom. The number of rotatable bonds is 4. The molecule has 0 saturated carbocycles. The molecule has 7 nitrogen and oxygen atoms in total. The van der Waals surface area contributed by atoms with Crippen LogP contribution in [0.4, 0.5) is 5.69 Å². The Labute approximate surface area is 171 Å². The summed E-state index contributed by atoms with van der Waals surface area (Å²) >= 11 is 6.08. The second kappa shape index (κ2) is 7.52. The molecule has 0 unspecified atom stereocenters. The lowest BCUT2D eigenvalue weighted by Gasteiger charge is -2.10. The normalized spacial score (nSPS) is 11.0. The van der Waals surface area contributed by atoms with Gasteiger partial charge in [0.2, 0.25) is 5.91 Å². The minimum atomic E-state index is -0.400. The lowest BCUT2D eigenvalue weighted by molar-refractivity contribution is -0.117. The first-order valence-electron chi connectivity index (χ1n) is 9.01. The van der Waals surface area contributed by atoms with Gasteiger partial charge in [0.25, 0.3) is 5.56 Å². The van der Waals surface area contributed by atoms with Crippen LogP contribution in [-0.4, -0.2) is 25.5 Å². The Bertz CT molecular complexity index is 1290. The monoisotopic (exact) mass is 407 g/mol. The first-order chi connectivity index (χ1) is 13.9. The molecule has 2 aromatic heterocycles. The summed E-state index contributed by atoms with van der Waals surface area (Å²) in [5, 5.41) is 12.6. The number of hydrogen-bond acceptors (Lipinski definition) is 4. The molecule has 0 spiro atoms. The van der Waals surface area contributed by atoms with E-state index in [1.807, 2.05) is 37.3 Å². The van der Waals surface area contributed by atoms with Gasteiger partial charge in [0, 0.05) is 16.1 Å². The molecule has 0 radical (unpaired) electrons. The fourth-order valence-corrected chi connectivity index (χ4v) is 3.36. The average Bonchev–Trinajstić information content (AvgIpc) is 3.14. The molecule has 0 aliphatic rings. The van der Waals surface area contributed by atoms with Gasteiger partial charge in [0.1, 0.15) is 12.1 Å². The SMILES string of the molecule is Cc1ccccc1NC(=O)Cn1nc(C)c2cnn(-c3cccc(Cl)c3)c2c1=O. The summed E-state index contributed by atoms with van der Waals surface area (Å²) in [6.45, 7) is 3.48. The van der Waals surface area contributed by atoms with Crippen molar-refractivity contribution >= 4 is 34.1 Å². The minimum absolute atomic E-state index is 0.204. The third-order valence-corrected chi connectivity index (χ3v) is 4.87. The number of aryl methyl sites for hydroxylation is 2. The van der Waals surface area contributed by atoms with Gasteiger partial charge in [-0.2, -0.15) is 10.2 Å². The van der Waals surface area contributed by atoms with Crippen molar-refractivity contribution in [3.05, 3.63) is 81.4 Å². The highest BCUT2D eigenvalue weighted by atomic mass is 35.5. The van der Waals surface area contributed by atoms with E-state index in [0.717, 1.165) is 10.2 Å². The van der Waals surface area contributed by atoms with Crippen LogP contribution in [0.25, 0.3) is 16.6 Å². The molecule has 8 heteroatoms. The first kappa shape index (κ1) is 18.9. The quantitative estimate of drug-likeness (QED) is 0.561. The Hall–Kier alpha value is -3.45. The molecule has 4 aromatic rings. The van der Waals surface area contributed by atoms with Crippen molar-refractivity contribution in [2.24, 2.45) is 0 Å². The van der Waals surface area contributed by atoms with Gasteiger partial charge in [-0.15, -0.1) is 0 Å². The maximum Gasteiger partial charge on any atom is 0.293 e. The summed E-state index contributed by atoms with van der Waals surface area (Å²) in [7, 11) is 0. The van der Waals surface area contributed by atoms with Gasteiger partial charge < -0.3 is 5.32 Å². The molecule has 146 valence electrons. The highest BCUT2D eigenvalue weighted by molar-refractivity contribution is 6.30. The predicted molar refractivity (Wildman–Crippen MR) is 113 cm³/mol. The molecule has 0 atom stereocenters. The second-order valence-electron chi connectivity index (χ2n) is 6.71. The number of aromatic nitrogens is 4. The summed E-state index contributed by atoms with van der Waals surface area (Å²) in [4.78, 5) is 25.6. The van der Waals surface area contributed by atoms with Crippen molar-refractivity contribution in [2.45, 2.75) is 20.4 Å². The molecular formula is C21H18ClN5O2. The van der Waals surface area contributed by atoms with Crippen molar-refractivity contribution in [3.8, 4) is 5.69 Å². The zero-order chi connectivity index (χ0) is 20.5. The molecule has 0 aliphatic heterocycles. The third kappa shape index (κ3) is 3.64. The van der Waals surface area contributed by atoms with Gasteiger partial charge in [-0.05, 0) is 43.7 Å². The van der Waals surface area contributed by atoms with E-state index in [4.69, 9.17) is 11.6 Å². The van der Waals surface area contributed by atoms with E-state index in [1.165, 1.54) is 4.68 Å². The standard InChI is InChI=1S/C21H18ClN5O2/c1-13-6-3-4-9-18(13)24-19(28)12-26-21(29)20-17(14(2)25-26)11-23-27(20)16-8-5-7-15(22)10-16/h3-11H,12H2,1-2H3,(H,24,28). The maximum atomic E-state index is 13.1. The molecule has 1 N–H and O–H groups in total. The van der Waals surface area contributed by atoms with E-state index in [2.05, 4.69) is 15.5 Å². The summed E-state index contributed by atoms with van der Waals surface area (Å²) in [6, 6.07) is 14.5. The average molecular weight is 408 g/mol. The number of hydrogen-bond donors (Lipinski definition) is 1. The molecule has 1 amide bonds. The largest absolute Gasteiger partial charge is 0.324 e. The van der Waals surface area contributed by atoms with E-state index in [0.29, 0.717) is 33.0 Å². The van der Waals surface area contributed by atoms with Crippen LogP contribution in [0.1, 0.15) is 11.3 Å². The third-order valence-electron chi connectivity index (χ3n) is 4.63. The second-order valence-corrected chi connectivity index (χ2v) is 7.15. The van der Waals surface area contributed by atoms with Gasteiger partial charge in [0.15, 0.2) is 0 Å². The van der Waals surface area contributed by atoms with Crippen molar-refractivity contribution in [3.63, 3.8) is 0 Å². The van der Waals surface area contributed by atoms with Gasteiger partial charge in [-0.1, -0.05) is 35.9 Å². The molecule has 0 fully saturated rings. The number of benzene rings is 2. The first-order valence-corrected chi connectivity index (χ1v) is 9.38. The summed E-state index contributed by atoms with van der Waals surface area (Å²) < 4.78 is 2.68.